The van der Waals surface area contributed by atoms with Gasteiger partial charge in [0.25, 0.3) is 5.56 Å². The SMILES string of the molecule is COc1ccc(Oc2cc(=O)[nH]c(C)n2)c(N)c1. The van der Waals surface area contributed by atoms with Crippen LogP contribution in [0, 0.1) is 6.92 Å². The zero-order chi connectivity index (χ0) is 13.1. The summed E-state index contributed by atoms with van der Waals surface area (Å²) in [4.78, 5) is 17.8. The van der Waals surface area contributed by atoms with Gasteiger partial charge in [0.15, 0.2) is 5.75 Å². The summed E-state index contributed by atoms with van der Waals surface area (Å²) in [6, 6.07) is 6.27. The summed E-state index contributed by atoms with van der Waals surface area (Å²) in [6.07, 6.45) is 0. The number of benzene rings is 1. The number of aromatic amines is 1. The van der Waals surface area contributed by atoms with Crippen LogP contribution in [0.2, 0.25) is 0 Å². The minimum atomic E-state index is -0.274. The predicted octanol–water partition coefficient (Wildman–Crippen LogP) is 1.46. The number of H-pyrrole nitrogens is 1. The van der Waals surface area contributed by atoms with Crippen molar-refractivity contribution >= 4 is 5.69 Å². The standard InChI is InChI=1S/C12H13N3O3/c1-7-14-11(16)6-12(15-7)18-10-4-3-8(17-2)5-9(10)13/h3-6H,13H2,1-2H3,(H,14,15,16). The number of nitrogens with zero attached hydrogens (tertiary/aromatic N) is 1. The summed E-state index contributed by atoms with van der Waals surface area (Å²) in [5.41, 5.74) is 5.94. The lowest BCUT2D eigenvalue weighted by Gasteiger charge is -2.09. The summed E-state index contributed by atoms with van der Waals surface area (Å²) in [5, 5.41) is 0. The van der Waals surface area contributed by atoms with Crippen LogP contribution in [-0.2, 0) is 0 Å². The van der Waals surface area contributed by atoms with E-state index >= 15 is 0 Å². The molecule has 3 N–H and O–H groups in total. The Bertz CT molecular complexity index is 622. The van der Waals surface area contributed by atoms with Gasteiger partial charge in [-0.2, -0.15) is 0 Å². The van der Waals surface area contributed by atoms with E-state index in [1.807, 2.05) is 0 Å². The highest BCUT2D eigenvalue weighted by atomic mass is 16.5. The average Bonchev–Trinajstić information content (AvgIpc) is 2.30. The van der Waals surface area contributed by atoms with Crippen molar-refractivity contribution in [3.05, 3.63) is 40.4 Å². The van der Waals surface area contributed by atoms with E-state index in [2.05, 4.69) is 9.97 Å². The highest BCUT2D eigenvalue weighted by molar-refractivity contribution is 5.57. The van der Waals surface area contributed by atoms with E-state index in [0.717, 1.165) is 0 Å². The lowest BCUT2D eigenvalue weighted by molar-refractivity contribution is 0.412. The van der Waals surface area contributed by atoms with Crippen LogP contribution in [0.25, 0.3) is 0 Å². The van der Waals surface area contributed by atoms with Crippen molar-refractivity contribution in [2.45, 2.75) is 6.92 Å². The van der Waals surface area contributed by atoms with Gasteiger partial charge in [0.2, 0.25) is 5.88 Å². The minimum absolute atomic E-state index is 0.202. The maximum atomic E-state index is 11.3. The number of nitrogens with two attached hydrogens (primary N) is 1. The summed E-state index contributed by atoms with van der Waals surface area (Å²) < 4.78 is 10.5. The number of hydrogen-bond donors (Lipinski definition) is 2. The fourth-order valence-corrected chi connectivity index (χ4v) is 1.46. The van der Waals surface area contributed by atoms with Crippen molar-refractivity contribution in [1.29, 1.82) is 0 Å². The van der Waals surface area contributed by atoms with Gasteiger partial charge in [0.1, 0.15) is 11.6 Å². The normalized spacial score (nSPS) is 10.1. The molecule has 0 atom stereocenters. The maximum absolute atomic E-state index is 11.3. The summed E-state index contributed by atoms with van der Waals surface area (Å²) >= 11 is 0. The first-order chi connectivity index (χ1) is 8.58. The Morgan fingerprint density at radius 1 is 1.33 bits per heavy atom. The molecule has 0 aliphatic heterocycles. The van der Waals surface area contributed by atoms with Gasteiger partial charge < -0.3 is 20.2 Å². The molecule has 1 heterocycles. The smallest absolute Gasteiger partial charge is 0.254 e. The molecule has 0 fully saturated rings. The molecule has 0 saturated heterocycles. The number of methoxy groups -OCH3 is 1. The Morgan fingerprint density at radius 2 is 2.11 bits per heavy atom. The van der Waals surface area contributed by atoms with E-state index in [1.165, 1.54) is 6.07 Å². The van der Waals surface area contributed by atoms with Crippen LogP contribution in [0.3, 0.4) is 0 Å². The highest BCUT2D eigenvalue weighted by Crippen LogP contribution is 2.29. The fraction of sp³-hybridized carbons (Fsp3) is 0.167. The number of nitrogen functional groups attached to an aromatic ring is 1. The Labute approximate surface area is 103 Å². The summed E-state index contributed by atoms with van der Waals surface area (Å²) in [5.74, 6) is 1.74. The molecule has 1 aromatic carbocycles. The second kappa shape index (κ2) is 4.79. The number of anilines is 1. The van der Waals surface area contributed by atoms with Crippen LogP contribution >= 0.6 is 0 Å². The lowest BCUT2D eigenvalue weighted by atomic mass is 10.3. The van der Waals surface area contributed by atoms with E-state index in [9.17, 15) is 4.79 Å². The van der Waals surface area contributed by atoms with Gasteiger partial charge in [0.05, 0.1) is 18.9 Å². The van der Waals surface area contributed by atoms with Crippen molar-refractivity contribution in [1.82, 2.24) is 9.97 Å². The number of ether oxygens (including phenoxy) is 2. The third kappa shape index (κ3) is 2.60. The zero-order valence-corrected chi connectivity index (χ0v) is 10.1. The van der Waals surface area contributed by atoms with E-state index in [0.29, 0.717) is 23.0 Å². The molecule has 0 amide bonds. The van der Waals surface area contributed by atoms with E-state index in [4.69, 9.17) is 15.2 Å². The van der Waals surface area contributed by atoms with Crippen molar-refractivity contribution in [3.8, 4) is 17.4 Å². The van der Waals surface area contributed by atoms with Crippen LogP contribution in [-0.4, -0.2) is 17.1 Å². The molecule has 2 rings (SSSR count). The molecule has 6 heteroatoms. The number of rotatable bonds is 3. The Morgan fingerprint density at radius 3 is 2.72 bits per heavy atom. The molecule has 0 radical (unpaired) electrons. The molecule has 0 saturated carbocycles. The topological polar surface area (TPSA) is 90.2 Å². The van der Waals surface area contributed by atoms with Crippen LogP contribution in [0.4, 0.5) is 5.69 Å². The molecule has 6 nitrogen and oxygen atoms in total. The highest BCUT2D eigenvalue weighted by Gasteiger charge is 2.06. The Balaban J connectivity index is 2.31. The molecule has 1 aromatic heterocycles. The van der Waals surface area contributed by atoms with Gasteiger partial charge >= 0.3 is 0 Å². The zero-order valence-electron chi connectivity index (χ0n) is 10.1. The molecule has 94 valence electrons. The number of aromatic nitrogens is 2. The molecule has 18 heavy (non-hydrogen) atoms. The summed E-state index contributed by atoms with van der Waals surface area (Å²) in [6.45, 7) is 1.67. The molecule has 0 unspecified atom stereocenters. The van der Waals surface area contributed by atoms with Gasteiger partial charge in [-0.3, -0.25) is 4.79 Å². The quantitative estimate of drug-likeness (QED) is 0.801. The number of nitrogens with one attached hydrogen (secondary N) is 1. The van der Waals surface area contributed by atoms with Gasteiger partial charge in [-0.1, -0.05) is 0 Å². The fourth-order valence-electron chi connectivity index (χ4n) is 1.46. The minimum Gasteiger partial charge on any atom is -0.497 e. The van der Waals surface area contributed by atoms with Crippen molar-refractivity contribution < 1.29 is 9.47 Å². The van der Waals surface area contributed by atoms with Gasteiger partial charge in [-0.25, -0.2) is 4.98 Å². The predicted molar refractivity (Wildman–Crippen MR) is 67.1 cm³/mol. The van der Waals surface area contributed by atoms with E-state index in [-0.39, 0.29) is 11.4 Å². The third-order valence-corrected chi connectivity index (χ3v) is 2.27. The Kier molecular flexibility index (Phi) is 3.18. The molecular formula is C12H13N3O3. The van der Waals surface area contributed by atoms with Crippen LogP contribution in [0.15, 0.2) is 29.1 Å². The summed E-state index contributed by atoms with van der Waals surface area (Å²) in [7, 11) is 1.55. The van der Waals surface area contributed by atoms with E-state index < -0.39 is 0 Å². The van der Waals surface area contributed by atoms with Crippen LogP contribution in [0.5, 0.6) is 17.4 Å². The second-order valence-electron chi connectivity index (χ2n) is 3.67. The van der Waals surface area contributed by atoms with Crippen molar-refractivity contribution in [2.24, 2.45) is 0 Å². The molecule has 0 spiro atoms. The average molecular weight is 247 g/mol. The molecule has 0 aliphatic rings. The maximum Gasteiger partial charge on any atom is 0.254 e. The third-order valence-electron chi connectivity index (χ3n) is 2.27. The number of aryl methyl sites for hydroxylation is 1. The van der Waals surface area contributed by atoms with Crippen LogP contribution in [0.1, 0.15) is 5.82 Å². The second-order valence-corrected chi connectivity index (χ2v) is 3.67. The monoisotopic (exact) mass is 247 g/mol. The first-order valence-corrected chi connectivity index (χ1v) is 5.28. The molecule has 2 aromatic rings. The first kappa shape index (κ1) is 12.0. The lowest BCUT2D eigenvalue weighted by Crippen LogP contribution is -2.08. The number of hydrogen-bond acceptors (Lipinski definition) is 5. The van der Waals surface area contributed by atoms with E-state index in [1.54, 1.807) is 32.2 Å². The molecule has 0 bridgehead atoms. The van der Waals surface area contributed by atoms with Gasteiger partial charge in [0, 0.05) is 6.07 Å². The molecular weight excluding hydrogens is 234 g/mol. The van der Waals surface area contributed by atoms with Crippen LogP contribution < -0.4 is 20.8 Å². The van der Waals surface area contributed by atoms with Gasteiger partial charge in [-0.15, -0.1) is 0 Å². The van der Waals surface area contributed by atoms with Crippen molar-refractivity contribution in [3.63, 3.8) is 0 Å². The molecule has 0 aliphatic carbocycles. The first-order valence-electron chi connectivity index (χ1n) is 5.28. The largest absolute Gasteiger partial charge is 0.497 e. The Hall–Kier alpha value is -2.50. The van der Waals surface area contributed by atoms with Gasteiger partial charge in [-0.05, 0) is 19.1 Å². The van der Waals surface area contributed by atoms with Crippen molar-refractivity contribution in [2.75, 3.05) is 12.8 Å².